The van der Waals surface area contributed by atoms with Gasteiger partial charge in [-0.15, -0.1) is 8.80 Å². The zero-order valence-electron chi connectivity index (χ0n) is 18.4. The summed E-state index contributed by atoms with van der Waals surface area (Å²) in [6.07, 6.45) is 0. The largest absolute Gasteiger partial charge is 0.504 e. The summed E-state index contributed by atoms with van der Waals surface area (Å²) < 4.78 is 51.8. The van der Waals surface area contributed by atoms with Gasteiger partial charge in [0.25, 0.3) is 11.2 Å². The van der Waals surface area contributed by atoms with E-state index in [9.17, 15) is 17.7 Å². The topological polar surface area (TPSA) is 137 Å². The second kappa shape index (κ2) is 9.26. The molecule has 0 bridgehead atoms. The summed E-state index contributed by atoms with van der Waals surface area (Å²) in [7, 11) is -1.42. The molecule has 1 aromatic heterocycles. The van der Waals surface area contributed by atoms with E-state index in [1.807, 2.05) is 20.8 Å². The Labute approximate surface area is 204 Å². The fourth-order valence-corrected chi connectivity index (χ4v) is 5.23. The standard InChI is InChI=1S/C19H23Cl2N5O5S2/c1-19(2,3)16(12-8-9-13(21)31-12)23-18-17(24-32(28)25-18)22-11-7-6-10(20)15(14(11)27)33(29,30)26(4)5/h6-9,16,27H,1-5H3,(H,22,24)(H,23,25)/t16-,32?/m0/s1. The Hall–Kier alpha value is -2.12. The highest BCUT2D eigenvalue weighted by Crippen LogP contribution is 2.39. The first kappa shape index (κ1) is 25.5. The molecule has 0 spiro atoms. The molecule has 0 fully saturated rings. The quantitative estimate of drug-likeness (QED) is 0.496. The van der Waals surface area contributed by atoms with E-state index < -0.39 is 37.9 Å². The molecule has 0 amide bonds. The van der Waals surface area contributed by atoms with Crippen LogP contribution >= 0.6 is 23.2 Å². The number of phenols is 1. The van der Waals surface area contributed by atoms with E-state index in [0.29, 0.717) is 5.76 Å². The monoisotopic (exact) mass is 535 g/mol. The Morgan fingerprint density at radius 1 is 1.12 bits per heavy atom. The van der Waals surface area contributed by atoms with Gasteiger partial charge in [0.05, 0.1) is 16.8 Å². The van der Waals surface area contributed by atoms with Crippen LogP contribution < -0.4 is 10.6 Å². The predicted molar refractivity (Wildman–Crippen MR) is 130 cm³/mol. The van der Waals surface area contributed by atoms with E-state index in [4.69, 9.17) is 27.6 Å². The van der Waals surface area contributed by atoms with Crippen LogP contribution in [0.1, 0.15) is 32.6 Å². The Morgan fingerprint density at radius 3 is 2.30 bits per heavy atom. The fourth-order valence-electron chi connectivity index (χ4n) is 2.98. The van der Waals surface area contributed by atoms with Gasteiger partial charge in [-0.3, -0.25) is 0 Å². The minimum atomic E-state index is -4.05. The van der Waals surface area contributed by atoms with Crippen LogP contribution in [0.4, 0.5) is 5.69 Å². The number of benzene rings is 1. The number of nitrogens with one attached hydrogen (secondary N) is 2. The number of furan rings is 1. The van der Waals surface area contributed by atoms with Gasteiger partial charge in [-0.2, -0.15) is 0 Å². The molecule has 1 unspecified atom stereocenters. The van der Waals surface area contributed by atoms with Crippen LogP contribution in [0, 0.1) is 5.41 Å². The van der Waals surface area contributed by atoms with E-state index in [1.54, 1.807) is 12.1 Å². The first-order valence-corrected chi connectivity index (χ1v) is 12.8. The first-order chi connectivity index (χ1) is 15.2. The van der Waals surface area contributed by atoms with E-state index in [0.717, 1.165) is 4.31 Å². The normalized spacial score (nSPS) is 17.6. The predicted octanol–water partition coefficient (Wildman–Crippen LogP) is 3.72. The van der Waals surface area contributed by atoms with Gasteiger partial charge in [0, 0.05) is 14.1 Å². The molecule has 3 rings (SSSR count). The Balaban J connectivity index is 1.96. The second-order valence-electron chi connectivity index (χ2n) is 8.38. The number of amidine groups is 2. The van der Waals surface area contributed by atoms with Gasteiger partial charge in [-0.05, 0) is 41.3 Å². The minimum absolute atomic E-state index is 0.0136. The number of nitrogens with zero attached hydrogens (tertiary/aromatic N) is 3. The summed E-state index contributed by atoms with van der Waals surface area (Å²) in [6.45, 7) is 5.88. The molecule has 1 aliphatic heterocycles. The molecule has 3 N–H and O–H groups in total. The molecule has 1 aromatic carbocycles. The third-order valence-corrected chi connectivity index (χ3v) is 7.86. The maximum absolute atomic E-state index is 12.6. The minimum Gasteiger partial charge on any atom is -0.504 e. The van der Waals surface area contributed by atoms with Gasteiger partial charge in [0.15, 0.2) is 22.6 Å². The van der Waals surface area contributed by atoms with Crippen LogP contribution in [0.3, 0.4) is 0 Å². The van der Waals surface area contributed by atoms with Crippen molar-refractivity contribution < 1.29 is 22.2 Å². The Morgan fingerprint density at radius 2 is 1.76 bits per heavy atom. The molecule has 1 aliphatic rings. The summed E-state index contributed by atoms with van der Waals surface area (Å²) in [5.41, 5.74) is -0.394. The number of aromatic hydroxyl groups is 1. The van der Waals surface area contributed by atoms with Crippen molar-refractivity contribution in [1.82, 2.24) is 9.62 Å². The molecular weight excluding hydrogens is 513 g/mol. The number of rotatable bonds is 5. The molecule has 0 saturated carbocycles. The van der Waals surface area contributed by atoms with Crippen molar-refractivity contribution in [2.75, 3.05) is 19.4 Å². The average molecular weight is 536 g/mol. The van der Waals surface area contributed by atoms with Crippen molar-refractivity contribution in [3.8, 4) is 5.75 Å². The van der Waals surface area contributed by atoms with E-state index in [-0.39, 0.29) is 33.0 Å². The number of halogens is 2. The number of anilines is 1. The van der Waals surface area contributed by atoms with Crippen LogP contribution in [0.5, 0.6) is 5.75 Å². The number of hydrogen-bond donors (Lipinski definition) is 3. The lowest BCUT2D eigenvalue weighted by atomic mass is 9.85. The third-order valence-electron chi connectivity index (χ3n) is 4.66. The number of phenolic OH excluding ortho intramolecular Hbond substituents is 1. The SMILES string of the molecule is CN(C)S(=O)(=O)c1c(Cl)ccc(NC2=NS(=O)N=C2N[C@@H](c2ccc(Cl)o2)C(C)(C)C)c1O. The zero-order chi connectivity index (χ0) is 24.7. The van der Waals surface area contributed by atoms with Gasteiger partial charge in [0.2, 0.25) is 10.0 Å². The molecule has 0 saturated heterocycles. The third kappa shape index (κ3) is 5.35. The van der Waals surface area contributed by atoms with Crippen molar-refractivity contribution in [2.24, 2.45) is 14.2 Å². The number of hydrogen-bond acceptors (Lipinski definition) is 7. The van der Waals surface area contributed by atoms with Gasteiger partial charge >= 0.3 is 0 Å². The van der Waals surface area contributed by atoms with Crippen LogP contribution in [-0.2, 0) is 21.2 Å². The highest BCUT2D eigenvalue weighted by atomic mass is 35.5. The fraction of sp³-hybridized carbons (Fsp3) is 0.368. The summed E-state index contributed by atoms with van der Waals surface area (Å²) in [4.78, 5) is -0.469. The molecule has 2 aromatic rings. The first-order valence-electron chi connectivity index (χ1n) is 9.54. The van der Waals surface area contributed by atoms with Gasteiger partial charge in [-0.1, -0.05) is 32.4 Å². The molecule has 180 valence electrons. The van der Waals surface area contributed by atoms with Gasteiger partial charge in [-0.25, -0.2) is 16.9 Å². The number of sulfonamides is 1. The molecule has 33 heavy (non-hydrogen) atoms. The second-order valence-corrected chi connectivity index (χ2v) is 12.1. The highest BCUT2D eigenvalue weighted by molar-refractivity contribution is 7.89. The molecule has 2 atom stereocenters. The van der Waals surface area contributed by atoms with Crippen molar-refractivity contribution in [2.45, 2.75) is 31.7 Å². The Kier molecular flexibility index (Phi) is 7.16. The van der Waals surface area contributed by atoms with Crippen molar-refractivity contribution in [3.63, 3.8) is 0 Å². The van der Waals surface area contributed by atoms with Crippen molar-refractivity contribution >= 4 is 61.8 Å². The van der Waals surface area contributed by atoms with Crippen LogP contribution in [0.25, 0.3) is 0 Å². The lowest BCUT2D eigenvalue weighted by molar-refractivity contribution is 0.264. The maximum Gasteiger partial charge on any atom is 0.269 e. The van der Waals surface area contributed by atoms with E-state index in [2.05, 4.69) is 19.4 Å². The Bertz CT molecular complexity index is 1270. The highest BCUT2D eigenvalue weighted by Gasteiger charge is 2.34. The molecular formula is C19H23Cl2N5O5S2. The molecule has 10 nitrogen and oxygen atoms in total. The summed E-state index contributed by atoms with van der Waals surface area (Å²) >= 11 is 10.1. The van der Waals surface area contributed by atoms with Crippen molar-refractivity contribution in [3.05, 3.63) is 40.3 Å². The molecule has 0 radical (unpaired) electrons. The lowest BCUT2D eigenvalue weighted by Crippen LogP contribution is -2.41. The summed E-state index contributed by atoms with van der Waals surface area (Å²) in [6, 6.07) is 5.58. The lowest BCUT2D eigenvalue weighted by Gasteiger charge is -2.30. The van der Waals surface area contributed by atoms with Gasteiger partial charge < -0.3 is 20.2 Å². The molecule has 14 heteroatoms. The molecule has 0 aliphatic carbocycles. The molecule has 2 heterocycles. The smallest absolute Gasteiger partial charge is 0.269 e. The maximum atomic E-state index is 12.6. The van der Waals surface area contributed by atoms with Crippen LogP contribution in [0.2, 0.25) is 10.2 Å². The summed E-state index contributed by atoms with van der Waals surface area (Å²) in [5.74, 6) is 0.0836. The zero-order valence-corrected chi connectivity index (χ0v) is 21.5. The van der Waals surface area contributed by atoms with Crippen molar-refractivity contribution in [1.29, 1.82) is 0 Å². The average Bonchev–Trinajstić information content (AvgIpc) is 3.25. The van der Waals surface area contributed by atoms with Crippen LogP contribution in [0.15, 0.2) is 42.4 Å². The van der Waals surface area contributed by atoms with E-state index in [1.165, 1.54) is 26.2 Å². The van der Waals surface area contributed by atoms with E-state index >= 15 is 0 Å². The van der Waals surface area contributed by atoms with Gasteiger partial charge in [0.1, 0.15) is 10.7 Å². The van der Waals surface area contributed by atoms with Crippen LogP contribution in [-0.4, -0.2) is 47.8 Å². The summed E-state index contributed by atoms with van der Waals surface area (Å²) in [5, 5.41) is 16.7.